The molecule has 0 saturated carbocycles. The lowest BCUT2D eigenvalue weighted by Crippen LogP contribution is -2.35. The van der Waals surface area contributed by atoms with Gasteiger partial charge < -0.3 is 9.47 Å². The van der Waals surface area contributed by atoms with Crippen molar-refractivity contribution in [3.8, 4) is 5.75 Å². The number of hydrogen-bond acceptors (Lipinski definition) is 3. The number of rotatable bonds is 5. The lowest BCUT2D eigenvalue weighted by Gasteiger charge is -2.26. The van der Waals surface area contributed by atoms with Crippen LogP contribution in [0.2, 0.25) is 0 Å². The van der Waals surface area contributed by atoms with E-state index >= 15 is 0 Å². The molecule has 3 rings (SSSR count). The van der Waals surface area contributed by atoms with Crippen molar-refractivity contribution in [3.05, 3.63) is 65.7 Å². The molecule has 0 aromatic heterocycles. The normalized spacial score (nSPS) is 15.1. The third-order valence-corrected chi connectivity index (χ3v) is 3.68. The second-order valence-electron chi connectivity index (χ2n) is 5.31. The number of para-hydroxylation sites is 1. The van der Waals surface area contributed by atoms with E-state index in [0.717, 1.165) is 38.6 Å². The molecule has 0 N–H and O–H groups in total. The lowest BCUT2D eigenvalue weighted by molar-refractivity contribution is 0.0342. The number of morpholine rings is 1. The minimum absolute atomic E-state index is 0. The molecule has 0 bridgehead atoms. The van der Waals surface area contributed by atoms with Crippen molar-refractivity contribution in [2.24, 2.45) is 0 Å². The van der Waals surface area contributed by atoms with Crippen LogP contribution >= 0.6 is 12.4 Å². The van der Waals surface area contributed by atoms with Crippen molar-refractivity contribution in [1.82, 2.24) is 4.90 Å². The van der Waals surface area contributed by atoms with Gasteiger partial charge in [0.25, 0.3) is 0 Å². The summed E-state index contributed by atoms with van der Waals surface area (Å²) in [5, 5.41) is 0. The summed E-state index contributed by atoms with van der Waals surface area (Å²) in [4.78, 5) is 2.43. The maximum atomic E-state index is 5.75. The van der Waals surface area contributed by atoms with Crippen molar-refractivity contribution < 1.29 is 9.47 Å². The minimum atomic E-state index is 0. The van der Waals surface area contributed by atoms with Crippen LogP contribution < -0.4 is 4.74 Å². The predicted molar refractivity (Wildman–Crippen MR) is 90.6 cm³/mol. The van der Waals surface area contributed by atoms with Crippen molar-refractivity contribution in [2.45, 2.75) is 13.2 Å². The van der Waals surface area contributed by atoms with Crippen LogP contribution in [0.3, 0.4) is 0 Å². The summed E-state index contributed by atoms with van der Waals surface area (Å²) >= 11 is 0. The van der Waals surface area contributed by atoms with Crippen LogP contribution in [0.5, 0.6) is 5.75 Å². The number of nitrogens with zero attached hydrogens (tertiary/aromatic N) is 1. The average molecular weight is 320 g/mol. The molecule has 1 aliphatic heterocycles. The molecular formula is C18H22ClNO2. The van der Waals surface area contributed by atoms with Crippen molar-refractivity contribution in [3.63, 3.8) is 0 Å². The molecule has 1 heterocycles. The molecular weight excluding hydrogens is 298 g/mol. The van der Waals surface area contributed by atoms with E-state index in [2.05, 4.69) is 29.2 Å². The molecule has 0 atom stereocenters. The van der Waals surface area contributed by atoms with Crippen LogP contribution in [0, 0.1) is 0 Å². The number of ether oxygens (including phenoxy) is 2. The quantitative estimate of drug-likeness (QED) is 0.841. The first-order valence-electron chi connectivity index (χ1n) is 7.46. The van der Waals surface area contributed by atoms with Gasteiger partial charge in [0.15, 0.2) is 0 Å². The Morgan fingerprint density at radius 2 is 1.50 bits per heavy atom. The third kappa shape index (κ3) is 5.02. The van der Waals surface area contributed by atoms with Crippen LogP contribution in [0.25, 0.3) is 0 Å². The van der Waals surface area contributed by atoms with Gasteiger partial charge in [-0.15, -0.1) is 12.4 Å². The van der Waals surface area contributed by atoms with Crippen molar-refractivity contribution >= 4 is 12.4 Å². The van der Waals surface area contributed by atoms with Gasteiger partial charge in [0, 0.05) is 19.6 Å². The van der Waals surface area contributed by atoms with Gasteiger partial charge in [-0.1, -0.05) is 42.5 Å². The van der Waals surface area contributed by atoms with Crippen LogP contribution in [0.4, 0.5) is 0 Å². The fourth-order valence-corrected chi connectivity index (χ4v) is 2.44. The monoisotopic (exact) mass is 319 g/mol. The first-order chi connectivity index (χ1) is 10.4. The van der Waals surface area contributed by atoms with Gasteiger partial charge in [-0.2, -0.15) is 0 Å². The summed E-state index contributed by atoms with van der Waals surface area (Å²) in [5.74, 6) is 0.912. The van der Waals surface area contributed by atoms with Crippen molar-refractivity contribution in [2.75, 3.05) is 26.3 Å². The molecule has 4 heteroatoms. The fourth-order valence-electron chi connectivity index (χ4n) is 2.44. The Balaban J connectivity index is 0.00000176. The Kier molecular flexibility index (Phi) is 6.72. The average Bonchev–Trinajstić information content (AvgIpc) is 2.56. The van der Waals surface area contributed by atoms with Gasteiger partial charge in [-0.05, 0) is 23.3 Å². The van der Waals surface area contributed by atoms with Gasteiger partial charge in [0.2, 0.25) is 0 Å². The Morgan fingerprint density at radius 3 is 2.18 bits per heavy atom. The summed E-state index contributed by atoms with van der Waals surface area (Å²) in [6.07, 6.45) is 0. The van der Waals surface area contributed by atoms with Crippen molar-refractivity contribution in [1.29, 1.82) is 0 Å². The predicted octanol–water partition coefficient (Wildman–Crippen LogP) is 3.52. The second kappa shape index (κ2) is 8.79. The number of hydrogen-bond donors (Lipinski definition) is 0. The van der Waals surface area contributed by atoms with Gasteiger partial charge in [-0.25, -0.2) is 0 Å². The van der Waals surface area contributed by atoms with E-state index in [0.29, 0.717) is 6.61 Å². The standard InChI is InChI=1S/C18H21NO2.ClH/c1-2-4-18(5-3-1)21-15-17-8-6-16(7-9-17)14-19-10-12-20-13-11-19;/h1-9H,10-15H2;1H. The summed E-state index contributed by atoms with van der Waals surface area (Å²) in [6, 6.07) is 18.6. The largest absolute Gasteiger partial charge is 0.489 e. The Hall–Kier alpha value is -1.55. The minimum Gasteiger partial charge on any atom is -0.489 e. The van der Waals surface area contributed by atoms with Crippen LogP contribution in [0.15, 0.2) is 54.6 Å². The summed E-state index contributed by atoms with van der Waals surface area (Å²) < 4.78 is 11.1. The number of benzene rings is 2. The fraction of sp³-hybridized carbons (Fsp3) is 0.333. The Bertz CT molecular complexity index is 539. The summed E-state index contributed by atoms with van der Waals surface area (Å²) in [5.41, 5.74) is 2.55. The topological polar surface area (TPSA) is 21.7 Å². The zero-order valence-electron chi connectivity index (χ0n) is 12.6. The van der Waals surface area contributed by atoms with Crippen LogP contribution in [0.1, 0.15) is 11.1 Å². The van der Waals surface area contributed by atoms with E-state index in [1.165, 1.54) is 11.1 Å². The van der Waals surface area contributed by atoms with Gasteiger partial charge in [-0.3, -0.25) is 4.90 Å². The molecule has 0 unspecified atom stereocenters. The molecule has 118 valence electrons. The smallest absolute Gasteiger partial charge is 0.119 e. The molecule has 0 amide bonds. The first-order valence-corrected chi connectivity index (χ1v) is 7.46. The van der Waals surface area contributed by atoms with Gasteiger partial charge in [0.1, 0.15) is 12.4 Å². The Morgan fingerprint density at radius 1 is 0.864 bits per heavy atom. The third-order valence-electron chi connectivity index (χ3n) is 3.68. The molecule has 0 radical (unpaired) electrons. The highest BCUT2D eigenvalue weighted by Crippen LogP contribution is 2.13. The molecule has 1 aliphatic rings. The summed E-state index contributed by atoms with van der Waals surface area (Å²) in [7, 11) is 0. The highest BCUT2D eigenvalue weighted by atomic mass is 35.5. The molecule has 3 nitrogen and oxygen atoms in total. The maximum absolute atomic E-state index is 5.75. The molecule has 0 aliphatic carbocycles. The zero-order chi connectivity index (χ0) is 14.3. The highest BCUT2D eigenvalue weighted by Gasteiger charge is 2.10. The van der Waals surface area contributed by atoms with E-state index in [-0.39, 0.29) is 12.4 Å². The Labute approximate surface area is 138 Å². The van der Waals surface area contributed by atoms with Crippen LogP contribution in [-0.4, -0.2) is 31.2 Å². The molecule has 2 aromatic carbocycles. The molecule has 0 spiro atoms. The molecule has 2 aromatic rings. The summed E-state index contributed by atoms with van der Waals surface area (Å²) in [6.45, 7) is 5.37. The first kappa shape index (κ1) is 16.8. The van der Waals surface area contributed by atoms with E-state index in [1.807, 2.05) is 30.3 Å². The maximum Gasteiger partial charge on any atom is 0.119 e. The van der Waals surface area contributed by atoms with Gasteiger partial charge in [0.05, 0.1) is 13.2 Å². The van der Waals surface area contributed by atoms with Gasteiger partial charge >= 0.3 is 0 Å². The van der Waals surface area contributed by atoms with E-state index in [9.17, 15) is 0 Å². The number of halogens is 1. The highest BCUT2D eigenvalue weighted by molar-refractivity contribution is 5.85. The second-order valence-corrected chi connectivity index (χ2v) is 5.31. The molecule has 1 saturated heterocycles. The van der Waals surface area contributed by atoms with Crippen LogP contribution in [-0.2, 0) is 17.9 Å². The molecule has 22 heavy (non-hydrogen) atoms. The zero-order valence-corrected chi connectivity index (χ0v) is 13.4. The molecule has 1 fully saturated rings. The van der Waals surface area contributed by atoms with E-state index in [1.54, 1.807) is 0 Å². The van der Waals surface area contributed by atoms with E-state index in [4.69, 9.17) is 9.47 Å². The van der Waals surface area contributed by atoms with E-state index < -0.39 is 0 Å². The lowest BCUT2D eigenvalue weighted by atomic mass is 10.1. The SMILES string of the molecule is Cl.c1ccc(OCc2ccc(CN3CCOCC3)cc2)cc1.